The molecule has 1 atom stereocenters. The predicted molar refractivity (Wildman–Crippen MR) is 83.8 cm³/mol. The van der Waals surface area contributed by atoms with E-state index in [-0.39, 0.29) is 47.7 Å². The Bertz CT molecular complexity index is 380. The molecule has 0 aliphatic heterocycles. The summed E-state index contributed by atoms with van der Waals surface area (Å²) < 4.78 is 9.57. The van der Waals surface area contributed by atoms with Crippen molar-refractivity contribution < 1.29 is 29.0 Å². The molecule has 0 radical (unpaired) electrons. The van der Waals surface area contributed by atoms with Crippen LogP contribution in [0.4, 0.5) is 0 Å². The first kappa shape index (κ1) is 23.4. The van der Waals surface area contributed by atoms with E-state index < -0.39 is 24.5 Å². The standard InChI is InChI=1S/C15H24O6.Na.H/c1-4-5-6-7-8-12(3)21-14(18)9-11(2)15(19)20-10-13(16)17;;/h12H,2,4-10H2,1,3H3,(H,16,17);;/t12-;;/m1../s1. The Morgan fingerprint density at radius 3 is 2.36 bits per heavy atom. The summed E-state index contributed by atoms with van der Waals surface area (Å²) in [6.45, 7) is 6.57. The van der Waals surface area contributed by atoms with Crippen molar-refractivity contribution in [3.8, 4) is 0 Å². The maximum atomic E-state index is 11.6. The monoisotopic (exact) mass is 324 g/mol. The number of esters is 2. The molecule has 0 aromatic carbocycles. The number of hydrogen-bond acceptors (Lipinski definition) is 5. The van der Waals surface area contributed by atoms with Gasteiger partial charge >= 0.3 is 47.5 Å². The summed E-state index contributed by atoms with van der Waals surface area (Å²) in [5.41, 5.74) is -0.112. The molecule has 0 heterocycles. The topological polar surface area (TPSA) is 89.9 Å². The average Bonchev–Trinajstić information content (AvgIpc) is 2.40. The quantitative estimate of drug-likeness (QED) is 0.270. The van der Waals surface area contributed by atoms with Crippen LogP contribution in [0.2, 0.25) is 0 Å². The van der Waals surface area contributed by atoms with E-state index in [1.54, 1.807) is 6.92 Å². The molecule has 0 fully saturated rings. The molecule has 7 heteroatoms. The van der Waals surface area contributed by atoms with Crippen LogP contribution in [0.3, 0.4) is 0 Å². The molecular formula is C15H25NaO6. The summed E-state index contributed by atoms with van der Waals surface area (Å²) in [6.07, 6.45) is 4.67. The number of carboxylic acid groups (broad SMARTS) is 1. The number of carbonyl (C=O) groups is 3. The van der Waals surface area contributed by atoms with Crippen LogP contribution in [0.15, 0.2) is 12.2 Å². The van der Waals surface area contributed by atoms with E-state index in [2.05, 4.69) is 18.2 Å². The zero-order valence-corrected chi connectivity index (χ0v) is 12.7. The molecule has 0 bridgehead atoms. The number of carbonyl (C=O) groups excluding carboxylic acids is 2. The zero-order chi connectivity index (χ0) is 16.3. The minimum atomic E-state index is -1.26. The number of aliphatic carboxylic acids is 1. The van der Waals surface area contributed by atoms with Gasteiger partial charge in [0, 0.05) is 5.57 Å². The Hall–Kier alpha value is -0.850. The number of ether oxygens (including phenoxy) is 2. The summed E-state index contributed by atoms with van der Waals surface area (Å²) in [7, 11) is 0. The first-order valence-corrected chi connectivity index (χ1v) is 7.13. The minimum absolute atomic E-state index is 0. The van der Waals surface area contributed by atoms with Crippen molar-refractivity contribution in [2.45, 2.75) is 58.5 Å². The van der Waals surface area contributed by atoms with Crippen LogP contribution in [0.25, 0.3) is 0 Å². The molecule has 22 heavy (non-hydrogen) atoms. The second-order valence-corrected chi connectivity index (χ2v) is 4.90. The van der Waals surface area contributed by atoms with Gasteiger partial charge in [0.1, 0.15) is 0 Å². The fraction of sp³-hybridized carbons (Fsp3) is 0.667. The van der Waals surface area contributed by atoms with Crippen LogP contribution < -0.4 is 0 Å². The van der Waals surface area contributed by atoms with Gasteiger partial charge in [0.05, 0.1) is 12.5 Å². The molecule has 0 unspecified atom stereocenters. The summed E-state index contributed by atoms with van der Waals surface area (Å²) in [5, 5.41) is 8.37. The molecule has 6 nitrogen and oxygen atoms in total. The van der Waals surface area contributed by atoms with E-state index in [0.29, 0.717) is 0 Å². The third kappa shape index (κ3) is 12.9. The Morgan fingerprint density at radius 1 is 1.18 bits per heavy atom. The van der Waals surface area contributed by atoms with Crippen LogP contribution in [-0.2, 0) is 23.9 Å². The number of unbranched alkanes of at least 4 members (excludes halogenated alkanes) is 3. The second-order valence-electron chi connectivity index (χ2n) is 4.90. The molecule has 0 aliphatic carbocycles. The van der Waals surface area contributed by atoms with Crippen molar-refractivity contribution in [3.63, 3.8) is 0 Å². The van der Waals surface area contributed by atoms with Crippen LogP contribution in [0.5, 0.6) is 0 Å². The van der Waals surface area contributed by atoms with Gasteiger partial charge in [0.15, 0.2) is 6.61 Å². The fourth-order valence-electron chi connectivity index (χ4n) is 1.66. The fourth-order valence-corrected chi connectivity index (χ4v) is 1.66. The SMILES string of the molecule is C=C(CC(=O)O[C@H](C)CCCCCC)C(=O)OCC(=O)O.[NaH]. The molecule has 0 saturated heterocycles. The van der Waals surface area contributed by atoms with Crippen molar-refractivity contribution in [2.75, 3.05) is 6.61 Å². The Morgan fingerprint density at radius 2 is 1.82 bits per heavy atom. The van der Waals surface area contributed by atoms with E-state index in [1.165, 1.54) is 0 Å². The first-order chi connectivity index (χ1) is 9.86. The van der Waals surface area contributed by atoms with Gasteiger partial charge in [0.25, 0.3) is 0 Å². The van der Waals surface area contributed by atoms with Gasteiger partial charge < -0.3 is 14.6 Å². The van der Waals surface area contributed by atoms with Crippen LogP contribution in [-0.4, -0.2) is 65.3 Å². The van der Waals surface area contributed by atoms with Crippen molar-refractivity contribution in [2.24, 2.45) is 0 Å². The zero-order valence-electron chi connectivity index (χ0n) is 12.7. The van der Waals surface area contributed by atoms with Gasteiger partial charge in [-0.1, -0.05) is 32.8 Å². The Kier molecular flexibility index (Phi) is 14.7. The van der Waals surface area contributed by atoms with Crippen molar-refractivity contribution in [3.05, 3.63) is 12.2 Å². The molecule has 0 aromatic heterocycles. The number of hydrogen-bond donors (Lipinski definition) is 1. The summed E-state index contributed by atoms with van der Waals surface area (Å²) in [5.74, 6) is -2.72. The van der Waals surface area contributed by atoms with Gasteiger partial charge in [-0.15, -0.1) is 0 Å². The van der Waals surface area contributed by atoms with Crippen LogP contribution >= 0.6 is 0 Å². The van der Waals surface area contributed by atoms with Gasteiger partial charge in [-0.05, 0) is 19.8 Å². The van der Waals surface area contributed by atoms with Crippen LogP contribution in [0.1, 0.15) is 52.4 Å². The third-order valence-corrected chi connectivity index (χ3v) is 2.77. The molecule has 0 saturated carbocycles. The van der Waals surface area contributed by atoms with E-state index in [4.69, 9.17) is 9.84 Å². The van der Waals surface area contributed by atoms with Crippen molar-refractivity contribution >= 4 is 47.5 Å². The maximum absolute atomic E-state index is 11.6. The molecule has 1 N–H and O–H groups in total. The van der Waals surface area contributed by atoms with Gasteiger partial charge in [-0.25, -0.2) is 9.59 Å². The predicted octanol–water partition coefficient (Wildman–Crippen LogP) is 1.81. The molecule has 0 rings (SSSR count). The second kappa shape index (κ2) is 13.8. The Balaban J connectivity index is 0. The third-order valence-electron chi connectivity index (χ3n) is 2.77. The molecule has 0 amide bonds. The van der Waals surface area contributed by atoms with E-state index in [1.807, 2.05) is 0 Å². The molecule has 0 aliphatic rings. The molecular weight excluding hydrogens is 299 g/mol. The Labute approximate surface area is 153 Å². The normalized spacial score (nSPS) is 11.0. The summed E-state index contributed by atoms with van der Waals surface area (Å²) in [6, 6.07) is 0. The molecule has 122 valence electrons. The average molecular weight is 324 g/mol. The van der Waals surface area contributed by atoms with E-state index in [9.17, 15) is 14.4 Å². The van der Waals surface area contributed by atoms with E-state index >= 15 is 0 Å². The van der Waals surface area contributed by atoms with Gasteiger partial charge in [-0.3, -0.25) is 4.79 Å². The summed E-state index contributed by atoms with van der Waals surface area (Å²) >= 11 is 0. The number of rotatable bonds is 11. The molecule has 0 aromatic rings. The van der Waals surface area contributed by atoms with Crippen molar-refractivity contribution in [1.29, 1.82) is 0 Å². The van der Waals surface area contributed by atoms with E-state index in [0.717, 1.165) is 32.1 Å². The van der Waals surface area contributed by atoms with Gasteiger partial charge in [-0.2, -0.15) is 0 Å². The van der Waals surface area contributed by atoms with Crippen LogP contribution in [0, 0.1) is 0 Å². The van der Waals surface area contributed by atoms with Gasteiger partial charge in [0.2, 0.25) is 0 Å². The number of carboxylic acids is 1. The van der Waals surface area contributed by atoms with Crippen molar-refractivity contribution in [1.82, 2.24) is 0 Å². The first-order valence-electron chi connectivity index (χ1n) is 7.13. The molecule has 0 spiro atoms. The summed E-state index contributed by atoms with van der Waals surface area (Å²) in [4.78, 5) is 33.2.